The third-order valence-electron chi connectivity index (χ3n) is 4.03. The van der Waals surface area contributed by atoms with Gasteiger partial charge in [-0.2, -0.15) is 0 Å². The van der Waals surface area contributed by atoms with Crippen LogP contribution in [0.25, 0.3) is 0 Å². The molecule has 2 atom stereocenters. The highest BCUT2D eigenvalue weighted by atomic mass is 16.4. The number of rotatable bonds is 2. The Morgan fingerprint density at radius 2 is 2.22 bits per heavy atom. The van der Waals surface area contributed by atoms with Gasteiger partial charge in [0, 0.05) is 31.6 Å². The minimum atomic E-state index is 0.0454. The topological polar surface area (TPSA) is 45.5 Å². The fourth-order valence-corrected chi connectivity index (χ4v) is 2.97. The Kier molecular flexibility index (Phi) is 3.12. The minimum absolute atomic E-state index is 0.0454. The zero-order chi connectivity index (χ0) is 12.5. The smallest absolute Gasteiger partial charge is 0.289 e. The molecule has 2 fully saturated rings. The first kappa shape index (κ1) is 11.8. The molecule has 2 bridgehead atoms. The van der Waals surface area contributed by atoms with Crippen LogP contribution in [0, 0.1) is 0 Å². The summed E-state index contributed by atoms with van der Waals surface area (Å²) in [6, 6.07) is 4.78. The minimum Gasteiger partial charge on any atom is -0.456 e. The van der Waals surface area contributed by atoms with Crippen molar-refractivity contribution in [1.29, 1.82) is 0 Å². The van der Waals surface area contributed by atoms with E-state index in [-0.39, 0.29) is 5.91 Å². The lowest BCUT2D eigenvalue weighted by Gasteiger charge is -2.23. The van der Waals surface area contributed by atoms with E-state index in [4.69, 9.17) is 4.42 Å². The molecule has 3 heterocycles. The van der Waals surface area contributed by atoms with E-state index in [0.717, 1.165) is 31.7 Å². The normalized spacial score (nSPS) is 27.3. The number of aryl methyl sites for hydroxylation is 1. The van der Waals surface area contributed by atoms with Crippen molar-refractivity contribution in [1.82, 2.24) is 10.2 Å². The second-order valence-electron chi connectivity index (χ2n) is 5.30. The predicted molar refractivity (Wildman–Crippen MR) is 68.6 cm³/mol. The fourth-order valence-electron chi connectivity index (χ4n) is 2.97. The summed E-state index contributed by atoms with van der Waals surface area (Å²) in [5.74, 6) is 1.42. The van der Waals surface area contributed by atoms with Gasteiger partial charge in [0.05, 0.1) is 0 Å². The average Bonchev–Trinajstić information content (AvgIpc) is 2.95. The van der Waals surface area contributed by atoms with Crippen molar-refractivity contribution in [2.45, 2.75) is 44.7 Å². The Morgan fingerprint density at radius 1 is 1.39 bits per heavy atom. The third kappa shape index (κ3) is 2.17. The van der Waals surface area contributed by atoms with Gasteiger partial charge < -0.3 is 14.6 Å². The molecule has 2 unspecified atom stereocenters. The lowest BCUT2D eigenvalue weighted by atomic mass is 10.1. The van der Waals surface area contributed by atoms with E-state index >= 15 is 0 Å². The summed E-state index contributed by atoms with van der Waals surface area (Å²) < 4.78 is 5.56. The Balaban J connectivity index is 1.72. The maximum absolute atomic E-state index is 12.4. The van der Waals surface area contributed by atoms with Crippen molar-refractivity contribution in [3.63, 3.8) is 0 Å². The van der Waals surface area contributed by atoms with Gasteiger partial charge in [-0.1, -0.05) is 6.92 Å². The molecule has 0 radical (unpaired) electrons. The summed E-state index contributed by atoms with van der Waals surface area (Å²) in [4.78, 5) is 14.3. The van der Waals surface area contributed by atoms with Crippen LogP contribution in [0.1, 0.15) is 42.5 Å². The number of carbonyl (C=O) groups is 1. The molecular formula is C14H20N2O2. The number of carbonyl (C=O) groups excluding carboxylic acids is 1. The predicted octanol–water partition coefficient (Wildman–Crippen LogP) is 1.81. The molecule has 1 N–H and O–H groups in total. The zero-order valence-electron chi connectivity index (χ0n) is 10.8. The quantitative estimate of drug-likeness (QED) is 0.868. The van der Waals surface area contributed by atoms with Crippen LogP contribution in [0.15, 0.2) is 16.5 Å². The fraction of sp³-hybridized carbons (Fsp3) is 0.643. The lowest BCUT2D eigenvalue weighted by molar-refractivity contribution is 0.0714. The molecule has 0 spiro atoms. The summed E-state index contributed by atoms with van der Waals surface area (Å²) >= 11 is 0. The third-order valence-corrected chi connectivity index (χ3v) is 4.03. The summed E-state index contributed by atoms with van der Waals surface area (Å²) in [6.45, 7) is 3.69. The van der Waals surface area contributed by atoms with Crippen LogP contribution >= 0.6 is 0 Å². The highest BCUT2D eigenvalue weighted by molar-refractivity contribution is 5.91. The lowest BCUT2D eigenvalue weighted by Crippen LogP contribution is -2.38. The molecule has 4 nitrogen and oxygen atoms in total. The maximum atomic E-state index is 12.4. The van der Waals surface area contributed by atoms with Gasteiger partial charge in [0.2, 0.25) is 0 Å². The van der Waals surface area contributed by atoms with E-state index in [1.807, 2.05) is 17.9 Å². The molecule has 3 rings (SSSR count). The largest absolute Gasteiger partial charge is 0.456 e. The highest BCUT2D eigenvalue weighted by Crippen LogP contribution is 2.22. The van der Waals surface area contributed by atoms with E-state index in [1.165, 1.54) is 12.8 Å². The number of amides is 1. The van der Waals surface area contributed by atoms with Crippen LogP contribution in [0.4, 0.5) is 0 Å². The number of fused-ring (bicyclic) bond motifs is 2. The van der Waals surface area contributed by atoms with Gasteiger partial charge in [0.25, 0.3) is 5.91 Å². The second-order valence-corrected chi connectivity index (χ2v) is 5.30. The van der Waals surface area contributed by atoms with Crippen LogP contribution in [0.3, 0.4) is 0 Å². The second kappa shape index (κ2) is 4.76. The van der Waals surface area contributed by atoms with Crippen molar-refractivity contribution in [3.05, 3.63) is 23.7 Å². The van der Waals surface area contributed by atoms with Gasteiger partial charge in [0.15, 0.2) is 5.76 Å². The van der Waals surface area contributed by atoms with E-state index < -0.39 is 0 Å². The van der Waals surface area contributed by atoms with Crippen LogP contribution < -0.4 is 5.32 Å². The summed E-state index contributed by atoms with van der Waals surface area (Å²) in [5.41, 5.74) is 0. The Morgan fingerprint density at radius 3 is 3.00 bits per heavy atom. The standard InChI is InChI=1S/C14H20N2O2/c1-2-12-5-6-13(18-12)14(17)16-8-7-10-3-4-11(9-16)15-10/h5-6,10-11,15H,2-4,7-9H2,1H3. The molecule has 4 heteroatoms. The Bertz CT molecular complexity index is 441. The average molecular weight is 248 g/mol. The molecular weight excluding hydrogens is 228 g/mol. The maximum Gasteiger partial charge on any atom is 0.289 e. The van der Waals surface area contributed by atoms with Crippen LogP contribution in [-0.2, 0) is 6.42 Å². The van der Waals surface area contributed by atoms with Gasteiger partial charge in [-0.3, -0.25) is 4.79 Å². The molecule has 2 aliphatic heterocycles. The molecule has 2 aliphatic rings. The molecule has 2 saturated heterocycles. The van der Waals surface area contributed by atoms with Gasteiger partial charge >= 0.3 is 0 Å². The molecule has 1 aromatic rings. The number of hydrogen-bond acceptors (Lipinski definition) is 3. The van der Waals surface area contributed by atoms with E-state index in [2.05, 4.69) is 5.32 Å². The number of hydrogen-bond donors (Lipinski definition) is 1. The van der Waals surface area contributed by atoms with Crippen molar-refractivity contribution < 1.29 is 9.21 Å². The summed E-state index contributed by atoms with van der Waals surface area (Å²) in [7, 11) is 0. The van der Waals surface area contributed by atoms with Crippen molar-refractivity contribution >= 4 is 5.91 Å². The highest BCUT2D eigenvalue weighted by Gasteiger charge is 2.32. The SMILES string of the molecule is CCc1ccc(C(=O)N2CCC3CCC(C2)N3)o1. The Hall–Kier alpha value is -1.29. The van der Waals surface area contributed by atoms with Crippen molar-refractivity contribution in [3.8, 4) is 0 Å². The molecule has 0 saturated carbocycles. The molecule has 98 valence electrons. The van der Waals surface area contributed by atoms with E-state index in [0.29, 0.717) is 17.8 Å². The van der Waals surface area contributed by atoms with Crippen LogP contribution in [0.2, 0.25) is 0 Å². The summed E-state index contributed by atoms with van der Waals surface area (Å²) in [6.07, 6.45) is 4.34. The molecule has 1 amide bonds. The first-order valence-corrected chi connectivity index (χ1v) is 6.90. The van der Waals surface area contributed by atoms with Crippen LogP contribution in [0.5, 0.6) is 0 Å². The number of furan rings is 1. The van der Waals surface area contributed by atoms with Crippen molar-refractivity contribution in [2.24, 2.45) is 0 Å². The van der Waals surface area contributed by atoms with Gasteiger partial charge in [-0.25, -0.2) is 0 Å². The van der Waals surface area contributed by atoms with Gasteiger partial charge in [-0.05, 0) is 31.4 Å². The molecule has 0 aromatic carbocycles. The Labute approximate surface area is 107 Å². The monoisotopic (exact) mass is 248 g/mol. The molecule has 18 heavy (non-hydrogen) atoms. The van der Waals surface area contributed by atoms with Gasteiger partial charge in [0.1, 0.15) is 5.76 Å². The zero-order valence-corrected chi connectivity index (χ0v) is 10.8. The summed E-state index contributed by atoms with van der Waals surface area (Å²) in [5, 5.41) is 3.58. The van der Waals surface area contributed by atoms with Crippen molar-refractivity contribution in [2.75, 3.05) is 13.1 Å². The molecule has 1 aromatic heterocycles. The molecule has 0 aliphatic carbocycles. The van der Waals surface area contributed by atoms with E-state index in [1.54, 1.807) is 6.07 Å². The number of nitrogens with zero attached hydrogens (tertiary/aromatic N) is 1. The van der Waals surface area contributed by atoms with Crippen LogP contribution in [-0.4, -0.2) is 36.0 Å². The first-order valence-electron chi connectivity index (χ1n) is 6.90. The van der Waals surface area contributed by atoms with Gasteiger partial charge in [-0.15, -0.1) is 0 Å². The first-order chi connectivity index (χ1) is 8.76. The van der Waals surface area contributed by atoms with E-state index in [9.17, 15) is 4.79 Å². The number of likely N-dealkylation sites (tertiary alicyclic amines) is 1. The number of nitrogens with one attached hydrogen (secondary N) is 1.